The van der Waals surface area contributed by atoms with Crippen LogP contribution in [-0.2, 0) is 9.53 Å². The largest absolute Gasteiger partial charge is 0.463 e. The minimum absolute atomic E-state index is 0.310. The lowest BCUT2D eigenvalue weighted by Gasteiger charge is -2.42. The summed E-state index contributed by atoms with van der Waals surface area (Å²) >= 11 is 0.904. The van der Waals surface area contributed by atoms with E-state index in [2.05, 4.69) is 5.32 Å². The number of carbonyl (C=O) groups is 1. The van der Waals surface area contributed by atoms with Gasteiger partial charge in [0, 0.05) is 13.0 Å². The molecule has 3 rings (SSSR count). The molecule has 2 aromatic rings. The smallest absolute Gasteiger partial charge is 0.396 e. The zero-order chi connectivity index (χ0) is 18.1. The third-order valence-electron chi connectivity index (χ3n) is 3.80. The van der Waals surface area contributed by atoms with Gasteiger partial charge >= 0.3 is 4.94 Å². The van der Waals surface area contributed by atoms with Gasteiger partial charge in [-0.1, -0.05) is 11.3 Å². The van der Waals surface area contributed by atoms with Gasteiger partial charge in [0.15, 0.2) is 0 Å². The lowest BCUT2D eigenvalue weighted by Crippen LogP contribution is -2.65. The predicted molar refractivity (Wildman–Crippen MR) is 86.4 cm³/mol. The van der Waals surface area contributed by atoms with Gasteiger partial charge in [-0.3, -0.25) is 4.79 Å². The van der Waals surface area contributed by atoms with Crippen molar-refractivity contribution in [1.29, 1.82) is 0 Å². The number of fused-ring (bicyclic) bond motifs is 1. The van der Waals surface area contributed by atoms with Crippen LogP contribution in [0, 0.1) is 0 Å². The first-order valence-electron chi connectivity index (χ1n) is 7.49. The molecule has 9 nitrogen and oxygen atoms in total. The normalized spacial score (nSPS) is 29.5. The van der Waals surface area contributed by atoms with E-state index in [9.17, 15) is 24.9 Å². The Morgan fingerprint density at radius 2 is 2.12 bits per heavy atom. The zero-order valence-electron chi connectivity index (χ0n) is 13.1. The second-order valence-corrected chi connectivity index (χ2v) is 6.59. The van der Waals surface area contributed by atoms with Crippen molar-refractivity contribution in [3.05, 3.63) is 27.9 Å². The molecule has 0 aliphatic carbocycles. The lowest BCUT2D eigenvalue weighted by molar-refractivity contribution is -0.244. The van der Waals surface area contributed by atoms with Crippen molar-refractivity contribution < 1.29 is 34.0 Å². The van der Waals surface area contributed by atoms with Gasteiger partial charge in [-0.25, -0.2) is 4.79 Å². The van der Waals surface area contributed by atoms with Crippen molar-refractivity contribution in [2.24, 2.45) is 0 Å². The van der Waals surface area contributed by atoms with Gasteiger partial charge in [-0.2, -0.15) is 0 Å². The molecule has 1 aromatic carbocycles. The van der Waals surface area contributed by atoms with Crippen LogP contribution >= 0.6 is 11.3 Å². The number of carbonyl (C=O) groups excluding carboxylic acids is 1. The summed E-state index contributed by atoms with van der Waals surface area (Å²) in [6, 6.07) is 3.60. The molecule has 0 unspecified atom stereocenters. The van der Waals surface area contributed by atoms with E-state index in [1.54, 1.807) is 12.1 Å². The highest BCUT2D eigenvalue weighted by Crippen LogP contribution is 2.27. The minimum atomic E-state index is -1.39. The Balaban J connectivity index is 1.86. The van der Waals surface area contributed by atoms with E-state index in [4.69, 9.17) is 13.9 Å². The van der Waals surface area contributed by atoms with Gasteiger partial charge in [0.05, 0.1) is 11.3 Å². The molecule has 1 aliphatic rings. The van der Waals surface area contributed by atoms with E-state index in [1.807, 2.05) is 0 Å². The van der Waals surface area contributed by atoms with Crippen molar-refractivity contribution in [1.82, 2.24) is 5.32 Å². The van der Waals surface area contributed by atoms with E-state index in [0.717, 1.165) is 11.3 Å². The topological polar surface area (TPSA) is 138 Å². The number of amides is 1. The van der Waals surface area contributed by atoms with Gasteiger partial charge < -0.3 is 34.5 Å². The van der Waals surface area contributed by atoms with Crippen LogP contribution in [0.5, 0.6) is 5.75 Å². The maximum Gasteiger partial charge on any atom is 0.396 e. The number of hydrogen-bond donors (Lipinski definition) is 4. The van der Waals surface area contributed by atoms with Crippen LogP contribution in [0.2, 0.25) is 0 Å². The average molecular weight is 371 g/mol. The van der Waals surface area contributed by atoms with Crippen molar-refractivity contribution >= 4 is 27.5 Å². The van der Waals surface area contributed by atoms with E-state index in [1.165, 1.54) is 13.0 Å². The summed E-state index contributed by atoms with van der Waals surface area (Å²) < 4.78 is 16.7. The standard InChI is InChI=1S/C15H17NO8S/c1-6(18)16-11-13(20)12(19)9(5-17)23-14(11)22-7-2-3-8-10(4-7)25-15(21)24-8/h2-4,9,11-14,17,19-20H,5H2,1H3,(H,16,18)/t9-,11-,12+,13-,14+/m1/s1. The quantitative estimate of drug-likeness (QED) is 0.547. The van der Waals surface area contributed by atoms with Crippen molar-refractivity contribution in [2.75, 3.05) is 6.61 Å². The fraction of sp³-hybridized carbons (Fsp3) is 0.467. The molecule has 4 N–H and O–H groups in total. The molecule has 1 saturated heterocycles. The van der Waals surface area contributed by atoms with Crippen molar-refractivity contribution in [3.8, 4) is 5.75 Å². The summed E-state index contributed by atoms with van der Waals surface area (Å²) in [5.41, 5.74) is 0.411. The molecule has 0 radical (unpaired) electrons. The molecule has 5 atom stereocenters. The molecule has 136 valence electrons. The van der Waals surface area contributed by atoms with Gasteiger partial charge in [0.25, 0.3) is 0 Å². The molecule has 0 spiro atoms. The van der Waals surface area contributed by atoms with Gasteiger partial charge in [0.1, 0.15) is 35.7 Å². The van der Waals surface area contributed by atoms with Crippen LogP contribution in [-0.4, -0.2) is 58.5 Å². The summed E-state index contributed by atoms with van der Waals surface area (Å²) in [6.45, 7) is 0.719. The Kier molecular flexibility index (Phi) is 5.06. The van der Waals surface area contributed by atoms with Gasteiger partial charge in [-0.15, -0.1) is 0 Å². The second kappa shape index (κ2) is 7.10. The van der Waals surface area contributed by atoms with E-state index < -0.39 is 48.1 Å². The lowest BCUT2D eigenvalue weighted by atomic mass is 9.97. The maximum atomic E-state index is 11.4. The summed E-state index contributed by atoms with van der Waals surface area (Å²) in [7, 11) is 0. The Bertz CT molecular complexity index is 817. The van der Waals surface area contributed by atoms with Crippen LogP contribution < -0.4 is 15.0 Å². The number of aliphatic hydroxyl groups excluding tert-OH is 3. The first kappa shape index (κ1) is 17.8. The third-order valence-corrected chi connectivity index (χ3v) is 4.59. The molecule has 1 fully saturated rings. The zero-order valence-corrected chi connectivity index (χ0v) is 13.9. The highest BCUT2D eigenvalue weighted by Gasteiger charge is 2.46. The minimum Gasteiger partial charge on any atom is -0.463 e. The monoisotopic (exact) mass is 371 g/mol. The summed E-state index contributed by atoms with van der Waals surface area (Å²) in [5, 5.41) is 31.9. The molecule has 10 heteroatoms. The van der Waals surface area contributed by atoms with Crippen LogP contribution in [0.3, 0.4) is 0 Å². The number of aliphatic hydroxyl groups is 3. The molecule has 1 aliphatic heterocycles. The van der Waals surface area contributed by atoms with Gasteiger partial charge in [0.2, 0.25) is 12.2 Å². The number of ether oxygens (including phenoxy) is 2. The Labute approximate surface area is 145 Å². The van der Waals surface area contributed by atoms with Crippen LogP contribution in [0.15, 0.2) is 27.4 Å². The molecule has 0 saturated carbocycles. The number of benzene rings is 1. The highest BCUT2D eigenvalue weighted by atomic mass is 32.1. The van der Waals surface area contributed by atoms with Crippen molar-refractivity contribution in [2.45, 2.75) is 37.6 Å². The summed E-state index contributed by atoms with van der Waals surface area (Å²) in [4.78, 5) is 22.2. The SMILES string of the molecule is CC(=O)N[C@H]1[C@@H](Oc2ccc3oc(=O)sc3c2)O[C@H](CO)[C@H](O)[C@@H]1O. The number of nitrogens with one attached hydrogen (secondary N) is 1. The predicted octanol–water partition coefficient (Wildman–Crippen LogP) is -0.823. The van der Waals surface area contributed by atoms with Crippen LogP contribution in [0.1, 0.15) is 6.92 Å². The first-order valence-corrected chi connectivity index (χ1v) is 8.30. The maximum absolute atomic E-state index is 11.4. The second-order valence-electron chi connectivity index (χ2n) is 5.61. The summed E-state index contributed by atoms with van der Waals surface area (Å²) in [5.74, 6) is -0.135. The molecule has 1 amide bonds. The molecular formula is C15H17NO8S. The number of hydrogen-bond acceptors (Lipinski definition) is 9. The molecule has 1 aromatic heterocycles. The van der Waals surface area contributed by atoms with Crippen molar-refractivity contribution in [3.63, 3.8) is 0 Å². The Morgan fingerprint density at radius 3 is 2.80 bits per heavy atom. The highest BCUT2D eigenvalue weighted by molar-refractivity contribution is 7.16. The molecule has 2 heterocycles. The first-order chi connectivity index (χ1) is 11.9. The molecular weight excluding hydrogens is 354 g/mol. The molecule has 25 heavy (non-hydrogen) atoms. The summed E-state index contributed by atoms with van der Waals surface area (Å²) in [6.07, 6.45) is -5.00. The fourth-order valence-corrected chi connectivity index (χ4v) is 3.33. The Morgan fingerprint density at radius 1 is 1.36 bits per heavy atom. The van der Waals surface area contributed by atoms with E-state index >= 15 is 0 Å². The van der Waals surface area contributed by atoms with Crippen LogP contribution in [0.25, 0.3) is 10.3 Å². The fourth-order valence-electron chi connectivity index (χ4n) is 2.63. The van der Waals surface area contributed by atoms with E-state index in [0.29, 0.717) is 16.0 Å². The molecule has 0 bridgehead atoms. The van der Waals surface area contributed by atoms with E-state index in [-0.39, 0.29) is 0 Å². The van der Waals surface area contributed by atoms with Crippen LogP contribution in [0.4, 0.5) is 0 Å². The Hall–Kier alpha value is -1.98. The number of rotatable bonds is 4. The average Bonchev–Trinajstić information content (AvgIpc) is 2.93. The van der Waals surface area contributed by atoms with Gasteiger partial charge in [-0.05, 0) is 12.1 Å². The third kappa shape index (κ3) is 3.67.